The Morgan fingerprint density at radius 3 is 1.41 bits per heavy atom. The van der Waals surface area contributed by atoms with Crippen molar-refractivity contribution in [2.45, 2.75) is 0 Å². The van der Waals surface area contributed by atoms with Gasteiger partial charge in [-0.1, -0.05) is 35.9 Å². The number of rotatable bonds is 4. The molecule has 1 aliphatic rings. The van der Waals surface area contributed by atoms with Gasteiger partial charge in [-0.15, -0.1) is 0 Å². The van der Waals surface area contributed by atoms with E-state index in [9.17, 15) is 31.5 Å². The van der Waals surface area contributed by atoms with Gasteiger partial charge in [-0.3, -0.25) is 9.59 Å². The average Bonchev–Trinajstić information content (AvgIpc) is 2.72. The quantitative estimate of drug-likeness (QED) is 0.457. The van der Waals surface area contributed by atoms with E-state index in [1.807, 2.05) is 0 Å². The predicted octanol–water partition coefficient (Wildman–Crippen LogP) is 5.78. The Kier molecular flexibility index (Phi) is 5.43. The van der Waals surface area contributed by atoms with Gasteiger partial charge in [0.1, 0.15) is 5.82 Å². The van der Waals surface area contributed by atoms with Gasteiger partial charge in [0.15, 0.2) is 34.8 Å². The Labute approximate surface area is 181 Å². The number of Topliss-reactive ketones (excluding diaryl/α,β-unsaturated/α-hetero) is 2. The van der Waals surface area contributed by atoms with Crippen molar-refractivity contribution >= 4 is 23.2 Å². The predicted molar refractivity (Wildman–Crippen MR) is 101 cm³/mol. The van der Waals surface area contributed by atoms with Gasteiger partial charge in [-0.05, 0) is 12.1 Å². The zero-order valence-electron chi connectivity index (χ0n) is 15.5. The van der Waals surface area contributed by atoms with Crippen LogP contribution in [0, 0.1) is 29.1 Å². The van der Waals surface area contributed by atoms with Crippen LogP contribution in [-0.2, 0) is 0 Å². The maximum atomic E-state index is 14.2. The minimum Gasteiger partial charge on any atom is -0.443 e. The van der Waals surface area contributed by atoms with Crippen LogP contribution in [0.2, 0.25) is 5.02 Å². The van der Waals surface area contributed by atoms with Crippen molar-refractivity contribution < 1.29 is 41.0 Å². The lowest BCUT2D eigenvalue weighted by Gasteiger charge is -2.21. The molecule has 0 heterocycles. The first-order chi connectivity index (χ1) is 15.2. The third-order valence-corrected chi connectivity index (χ3v) is 4.59. The molecule has 3 aromatic carbocycles. The van der Waals surface area contributed by atoms with E-state index >= 15 is 0 Å². The second kappa shape index (κ2) is 8.08. The number of hydrogen-bond acceptors (Lipinski definition) is 4. The first-order valence-electron chi connectivity index (χ1n) is 8.75. The average molecular weight is 467 g/mol. The van der Waals surface area contributed by atoms with Crippen molar-refractivity contribution in [3.8, 4) is 11.5 Å². The zero-order chi connectivity index (χ0) is 23.2. The van der Waals surface area contributed by atoms with E-state index in [1.165, 1.54) is 24.3 Å². The number of carbonyl (C=O) groups excluding carboxylic acids is 2. The van der Waals surface area contributed by atoms with Crippen LogP contribution in [0.4, 0.5) is 22.0 Å². The summed E-state index contributed by atoms with van der Waals surface area (Å²) in [5.41, 5.74) is -0.408. The van der Waals surface area contributed by atoms with Gasteiger partial charge in [0.05, 0.1) is 0 Å². The van der Waals surface area contributed by atoms with Gasteiger partial charge < -0.3 is 9.47 Å². The van der Waals surface area contributed by atoms with Crippen molar-refractivity contribution in [2.75, 3.05) is 0 Å². The van der Waals surface area contributed by atoms with Gasteiger partial charge in [0, 0.05) is 28.3 Å². The highest BCUT2D eigenvalue weighted by Crippen LogP contribution is 2.34. The molecular weight excluding hydrogens is 459 g/mol. The summed E-state index contributed by atoms with van der Waals surface area (Å²) in [7, 11) is 0. The number of fused-ring (bicyclic) bond motifs is 1. The molecule has 0 saturated heterocycles. The number of benzene rings is 3. The highest BCUT2D eigenvalue weighted by Gasteiger charge is 2.37. The highest BCUT2D eigenvalue weighted by atomic mass is 35.5. The Morgan fingerprint density at radius 1 is 0.625 bits per heavy atom. The lowest BCUT2D eigenvalue weighted by atomic mass is 9.92. The van der Waals surface area contributed by atoms with Crippen LogP contribution in [0.15, 0.2) is 60.0 Å². The minimum atomic E-state index is -1.53. The summed E-state index contributed by atoms with van der Waals surface area (Å²) in [4.78, 5) is 25.9. The zero-order valence-corrected chi connectivity index (χ0v) is 16.3. The van der Waals surface area contributed by atoms with Crippen LogP contribution < -0.4 is 9.47 Å². The Bertz CT molecular complexity index is 1190. The standard InChI is InChI=1S/C22H8ClF5O4/c23-9-5-13(25)19(14(26)6-9)31-21-17(29)11-3-1-2-4-12(11)18(30)22(21)32-20-15(27)7-10(24)8-16(20)28/h1-8H. The maximum absolute atomic E-state index is 14.2. The first-order valence-corrected chi connectivity index (χ1v) is 9.12. The van der Waals surface area contributed by atoms with Crippen LogP contribution >= 0.6 is 11.6 Å². The molecule has 0 fully saturated rings. The van der Waals surface area contributed by atoms with Crippen molar-refractivity contribution in [1.29, 1.82) is 0 Å². The Hall–Kier alpha value is -3.72. The molecule has 32 heavy (non-hydrogen) atoms. The molecule has 4 nitrogen and oxygen atoms in total. The van der Waals surface area contributed by atoms with E-state index < -0.39 is 63.7 Å². The number of hydrogen-bond donors (Lipinski definition) is 0. The number of carbonyl (C=O) groups is 2. The number of ketones is 2. The molecule has 4 rings (SSSR count). The van der Waals surface area contributed by atoms with E-state index in [0.717, 1.165) is 0 Å². The molecule has 0 aliphatic heterocycles. The smallest absolute Gasteiger partial charge is 0.233 e. The van der Waals surface area contributed by atoms with Gasteiger partial charge in [-0.25, -0.2) is 22.0 Å². The van der Waals surface area contributed by atoms with Crippen LogP contribution in [-0.4, -0.2) is 11.6 Å². The molecule has 0 spiro atoms. The van der Waals surface area contributed by atoms with E-state index in [-0.39, 0.29) is 28.3 Å². The number of halogens is 6. The molecule has 3 aromatic rings. The molecule has 0 bridgehead atoms. The van der Waals surface area contributed by atoms with Crippen LogP contribution in [0.1, 0.15) is 20.7 Å². The largest absolute Gasteiger partial charge is 0.443 e. The van der Waals surface area contributed by atoms with Crippen LogP contribution in [0.25, 0.3) is 0 Å². The van der Waals surface area contributed by atoms with Crippen molar-refractivity contribution in [3.63, 3.8) is 0 Å². The van der Waals surface area contributed by atoms with Gasteiger partial charge in [0.25, 0.3) is 0 Å². The van der Waals surface area contributed by atoms with Gasteiger partial charge >= 0.3 is 0 Å². The summed E-state index contributed by atoms with van der Waals surface area (Å²) in [6.45, 7) is 0. The van der Waals surface area contributed by atoms with Crippen LogP contribution in [0.5, 0.6) is 11.5 Å². The number of allylic oxidation sites excluding steroid dienone is 2. The third kappa shape index (κ3) is 3.71. The van der Waals surface area contributed by atoms with Crippen molar-refractivity contribution in [2.24, 2.45) is 0 Å². The summed E-state index contributed by atoms with van der Waals surface area (Å²) >= 11 is 5.56. The van der Waals surface area contributed by atoms with Gasteiger partial charge in [0.2, 0.25) is 23.1 Å². The van der Waals surface area contributed by atoms with Crippen molar-refractivity contribution in [3.05, 3.63) is 105 Å². The highest BCUT2D eigenvalue weighted by molar-refractivity contribution is 6.30. The molecular formula is C22H8ClF5O4. The summed E-state index contributed by atoms with van der Waals surface area (Å²) in [6.07, 6.45) is 0. The van der Waals surface area contributed by atoms with E-state index in [1.54, 1.807) is 0 Å². The lowest BCUT2D eigenvalue weighted by Crippen LogP contribution is -2.28. The molecule has 0 atom stereocenters. The Morgan fingerprint density at radius 2 is 1.00 bits per heavy atom. The second-order valence-electron chi connectivity index (χ2n) is 6.46. The molecule has 0 aromatic heterocycles. The topological polar surface area (TPSA) is 52.6 Å². The molecule has 1 aliphatic carbocycles. The summed E-state index contributed by atoms with van der Waals surface area (Å²) in [6, 6.07) is 7.22. The van der Waals surface area contributed by atoms with Crippen LogP contribution in [0.3, 0.4) is 0 Å². The fraction of sp³-hybridized carbons (Fsp3) is 0. The van der Waals surface area contributed by atoms with E-state index in [2.05, 4.69) is 0 Å². The summed E-state index contributed by atoms with van der Waals surface area (Å²) in [5.74, 6) is -13.5. The molecule has 0 saturated carbocycles. The van der Waals surface area contributed by atoms with E-state index in [0.29, 0.717) is 12.1 Å². The minimum absolute atomic E-state index is 0.199. The molecule has 0 N–H and O–H groups in total. The Balaban J connectivity index is 1.90. The molecule has 10 heteroatoms. The summed E-state index contributed by atoms with van der Waals surface area (Å²) < 4.78 is 80.0. The monoisotopic (exact) mass is 466 g/mol. The SMILES string of the molecule is O=C1C(Oc2c(F)cc(F)cc2F)=C(Oc2c(F)cc(Cl)cc2F)C(=O)c2ccccc21. The molecule has 0 unspecified atom stereocenters. The lowest BCUT2D eigenvalue weighted by molar-refractivity contribution is 0.0891. The fourth-order valence-corrected chi connectivity index (χ4v) is 3.16. The first kappa shape index (κ1) is 21.5. The second-order valence-corrected chi connectivity index (χ2v) is 6.90. The normalized spacial score (nSPS) is 13.3. The molecule has 0 radical (unpaired) electrons. The molecule has 162 valence electrons. The van der Waals surface area contributed by atoms with Crippen molar-refractivity contribution in [1.82, 2.24) is 0 Å². The van der Waals surface area contributed by atoms with E-state index in [4.69, 9.17) is 21.1 Å². The maximum Gasteiger partial charge on any atom is 0.233 e. The number of ether oxygens (including phenoxy) is 2. The third-order valence-electron chi connectivity index (χ3n) is 4.37. The van der Waals surface area contributed by atoms with Gasteiger partial charge in [-0.2, -0.15) is 0 Å². The molecule has 0 amide bonds. The fourth-order valence-electron chi connectivity index (χ4n) is 2.97. The summed E-state index contributed by atoms with van der Waals surface area (Å²) in [5, 5.41) is -0.315.